The molecule has 15 heavy (non-hydrogen) atoms. The fraction of sp³-hybridized carbons (Fsp3) is 0.500. The summed E-state index contributed by atoms with van der Waals surface area (Å²) >= 11 is 0. The maximum absolute atomic E-state index is 9.07. The molecule has 0 unspecified atom stereocenters. The molecule has 3 nitrogen and oxygen atoms in total. The number of nitriles is 1. The zero-order valence-electron chi connectivity index (χ0n) is 8.79. The van der Waals surface area contributed by atoms with E-state index in [4.69, 9.17) is 11.0 Å². The molecule has 0 spiro atoms. The van der Waals surface area contributed by atoms with E-state index in [0.717, 1.165) is 24.8 Å². The van der Waals surface area contributed by atoms with Crippen molar-refractivity contribution in [2.24, 2.45) is 0 Å². The molecule has 78 valence electrons. The van der Waals surface area contributed by atoms with Gasteiger partial charge in [0.1, 0.15) is 11.9 Å². The largest absolute Gasteiger partial charge is 0.383 e. The number of hydrogen-bond acceptors (Lipinski definition) is 3. The van der Waals surface area contributed by atoms with Crippen LogP contribution >= 0.6 is 0 Å². The van der Waals surface area contributed by atoms with Gasteiger partial charge in [-0.05, 0) is 36.8 Å². The Morgan fingerprint density at radius 1 is 1.20 bits per heavy atom. The predicted octanol–water partition coefficient (Wildman–Crippen LogP) is 2.19. The highest BCUT2D eigenvalue weighted by Gasteiger charge is 2.14. The smallest absolute Gasteiger partial charge is 0.141 e. The van der Waals surface area contributed by atoms with Crippen molar-refractivity contribution < 1.29 is 0 Å². The second-order valence-corrected chi connectivity index (χ2v) is 4.05. The maximum atomic E-state index is 9.07. The number of nitrogens with two attached hydrogens (primary N) is 1. The standard InChI is InChI=1S/C12H15N3/c13-7-11-10-6-4-2-1-3-5-9(10)8-15-12(11)14/h8H,1-6H2,(H2,14,15). The van der Waals surface area contributed by atoms with Crippen LogP contribution in [0.5, 0.6) is 0 Å². The van der Waals surface area contributed by atoms with Gasteiger partial charge in [-0.2, -0.15) is 5.26 Å². The van der Waals surface area contributed by atoms with Crippen LogP contribution in [0.25, 0.3) is 0 Å². The lowest BCUT2D eigenvalue weighted by atomic mass is 9.92. The normalized spacial score (nSPS) is 15.9. The molecule has 1 heterocycles. The molecule has 0 radical (unpaired) electrons. The van der Waals surface area contributed by atoms with Crippen molar-refractivity contribution in [3.63, 3.8) is 0 Å². The van der Waals surface area contributed by atoms with Gasteiger partial charge in [0.25, 0.3) is 0 Å². The number of rotatable bonds is 0. The van der Waals surface area contributed by atoms with Crippen LogP contribution in [0.2, 0.25) is 0 Å². The minimum atomic E-state index is 0.386. The van der Waals surface area contributed by atoms with E-state index in [2.05, 4.69) is 11.1 Å². The van der Waals surface area contributed by atoms with Crippen LogP contribution in [0, 0.1) is 11.3 Å². The van der Waals surface area contributed by atoms with Crippen molar-refractivity contribution in [2.75, 3.05) is 5.73 Å². The number of anilines is 1. The number of aromatic nitrogens is 1. The Hall–Kier alpha value is -1.56. The van der Waals surface area contributed by atoms with Crippen molar-refractivity contribution in [2.45, 2.75) is 38.5 Å². The minimum absolute atomic E-state index is 0.386. The van der Waals surface area contributed by atoms with Crippen molar-refractivity contribution in [1.82, 2.24) is 4.98 Å². The molecule has 0 saturated carbocycles. The molecular weight excluding hydrogens is 186 g/mol. The summed E-state index contributed by atoms with van der Waals surface area (Å²) in [6.45, 7) is 0. The molecule has 1 aliphatic carbocycles. The van der Waals surface area contributed by atoms with Crippen LogP contribution in [-0.4, -0.2) is 4.98 Å². The Morgan fingerprint density at radius 3 is 2.67 bits per heavy atom. The summed E-state index contributed by atoms with van der Waals surface area (Å²) in [7, 11) is 0. The first kappa shape index (κ1) is 9.97. The molecule has 0 aromatic carbocycles. The van der Waals surface area contributed by atoms with Gasteiger partial charge in [0.05, 0.1) is 5.56 Å². The van der Waals surface area contributed by atoms with Gasteiger partial charge in [-0.15, -0.1) is 0 Å². The van der Waals surface area contributed by atoms with Gasteiger partial charge in [-0.25, -0.2) is 4.98 Å². The van der Waals surface area contributed by atoms with Crippen molar-refractivity contribution in [3.05, 3.63) is 22.9 Å². The summed E-state index contributed by atoms with van der Waals surface area (Å²) in [5.41, 5.74) is 8.68. The summed E-state index contributed by atoms with van der Waals surface area (Å²) < 4.78 is 0. The minimum Gasteiger partial charge on any atom is -0.383 e. The molecule has 0 fully saturated rings. The zero-order valence-corrected chi connectivity index (χ0v) is 8.79. The Balaban J connectivity index is 2.47. The molecule has 2 rings (SSSR count). The van der Waals surface area contributed by atoms with Gasteiger partial charge in [0, 0.05) is 6.20 Å². The number of pyridine rings is 1. The first-order valence-corrected chi connectivity index (χ1v) is 5.49. The van der Waals surface area contributed by atoms with Crippen LogP contribution in [0.4, 0.5) is 5.82 Å². The second-order valence-electron chi connectivity index (χ2n) is 4.05. The van der Waals surface area contributed by atoms with E-state index in [1.807, 2.05) is 6.20 Å². The average Bonchev–Trinajstić information content (AvgIpc) is 2.20. The van der Waals surface area contributed by atoms with E-state index in [9.17, 15) is 0 Å². The Kier molecular flexibility index (Phi) is 2.86. The van der Waals surface area contributed by atoms with Gasteiger partial charge < -0.3 is 5.73 Å². The molecular formula is C12H15N3. The van der Waals surface area contributed by atoms with Gasteiger partial charge >= 0.3 is 0 Å². The Labute approximate surface area is 89.9 Å². The second kappa shape index (κ2) is 4.31. The van der Waals surface area contributed by atoms with Crippen molar-refractivity contribution in [3.8, 4) is 6.07 Å². The van der Waals surface area contributed by atoms with Crippen LogP contribution < -0.4 is 5.73 Å². The summed E-state index contributed by atoms with van der Waals surface area (Å²) in [6, 6.07) is 2.18. The predicted molar refractivity (Wildman–Crippen MR) is 59.2 cm³/mol. The lowest BCUT2D eigenvalue weighted by Gasteiger charge is -2.15. The average molecular weight is 201 g/mol. The van der Waals surface area contributed by atoms with Gasteiger partial charge in [0.15, 0.2) is 0 Å². The molecule has 1 aromatic rings. The molecule has 0 bridgehead atoms. The quantitative estimate of drug-likeness (QED) is 0.699. The third-order valence-corrected chi connectivity index (χ3v) is 3.04. The molecule has 3 heteroatoms. The van der Waals surface area contributed by atoms with Gasteiger partial charge in [-0.1, -0.05) is 12.8 Å². The van der Waals surface area contributed by atoms with Crippen LogP contribution in [0.3, 0.4) is 0 Å². The third-order valence-electron chi connectivity index (χ3n) is 3.04. The first-order valence-electron chi connectivity index (χ1n) is 5.49. The highest BCUT2D eigenvalue weighted by atomic mass is 14.8. The fourth-order valence-corrected chi connectivity index (χ4v) is 2.20. The highest BCUT2D eigenvalue weighted by Crippen LogP contribution is 2.24. The fourth-order valence-electron chi connectivity index (χ4n) is 2.20. The molecule has 0 saturated heterocycles. The van der Waals surface area contributed by atoms with E-state index in [1.165, 1.54) is 24.8 Å². The molecule has 2 N–H and O–H groups in total. The van der Waals surface area contributed by atoms with Gasteiger partial charge in [-0.3, -0.25) is 0 Å². The summed E-state index contributed by atoms with van der Waals surface area (Å²) in [5, 5.41) is 9.07. The molecule has 1 aromatic heterocycles. The number of fused-ring (bicyclic) bond motifs is 1. The van der Waals surface area contributed by atoms with Crippen LogP contribution in [-0.2, 0) is 12.8 Å². The van der Waals surface area contributed by atoms with E-state index in [0.29, 0.717) is 11.4 Å². The SMILES string of the molecule is N#Cc1c(N)ncc2c1CCCCCC2. The lowest BCUT2D eigenvalue weighted by molar-refractivity contribution is 0.615. The summed E-state index contributed by atoms with van der Waals surface area (Å²) in [5.74, 6) is 0.386. The lowest BCUT2D eigenvalue weighted by Crippen LogP contribution is -2.07. The monoisotopic (exact) mass is 201 g/mol. The number of nitrogens with zero attached hydrogens (tertiary/aromatic N) is 2. The third kappa shape index (κ3) is 1.94. The van der Waals surface area contributed by atoms with E-state index < -0.39 is 0 Å². The van der Waals surface area contributed by atoms with Crippen LogP contribution in [0.1, 0.15) is 42.4 Å². The Morgan fingerprint density at radius 2 is 1.93 bits per heavy atom. The zero-order chi connectivity index (χ0) is 10.7. The number of hydrogen-bond donors (Lipinski definition) is 1. The number of nitrogen functional groups attached to an aromatic ring is 1. The Bertz CT molecular complexity index is 404. The summed E-state index contributed by atoms with van der Waals surface area (Å²) in [6.07, 6.45) is 8.76. The maximum Gasteiger partial charge on any atom is 0.141 e. The van der Waals surface area contributed by atoms with Gasteiger partial charge in [0.2, 0.25) is 0 Å². The molecule has 0 aliphatic heterocycles. The molecule has 0 atom stereocenters. The van der Waals surface area contributed by atoms with Crippen molar-refractivity contribution >= 4 is 5.82 Å². The first-order chi connectivity index (χ1) is 7.33. The van der Waals surface area contributed by atoms with Crippen LogP contribution in [0.15, 0.2) is 6.20 Å². The molecule has 1 aliphatic rings. The number of aryl methyl sites for hydroxylation is 1. The van der Waals surface area contributed by atoms with E-state index >= 15 is 0 Å². The van der Waals surface area contributed by atoms with Crippen molar-refractivity contribution in [1.29, 1.82) is 5.26 Å². The summed E-state index contributed by atoms with van der Waals surface area (Å²) in [4.78, 5) is 4.09. The van der Waals surface area contributed by atoms with E-state index in [1.54, 1.807) is 0 Å². The highest BCUT2D eigenvalue weighted by molar-refractivity contribution is 5.55. The van der Waals surface area contributed by atoms with E-state index in [-0.39, 0.29) is 0 Å². The topological polar surface area (TPSA) is 62.7 Å². The molecule has 0 amide bonds.